The first-order chi connectivity index (χ1) is 13.1. The van der Waals surface area contributed by atoms with Gasteiger partial charge in [0.1, 0.15) is 11.2 Å². The Morgan fingerprint density at radius 1 is 1.22 bits per heavy atom. The molecule has 5 heteroatoms. The number of nitrogens with two attached hydrogens (primary N) is 1. The molecule has 4 rings (SSSR count). The van der Waals surface area contributed by atoms with E-state index in [1.807, 2.05) is 36.4 Å². The summed E-state index contributed by atoms with van der Waals surface area (Å²) in [6, 6.07) is 11.1. The van der Waals surface area contributed by atoms with Gasteiger partial charge in [-0.25, -0.2) is 0 Å². The Kier molecular flexibility index (Phi) is 4.60. The van der Waals surface area contributed by atoms with Gasteiger partial charge in [-0.1, -0.05) is 42.5 Å². The van der Waals surface area contributed by atoms with Crippen molar-refractivity contribution in [2.75, 3.05) is 6.79 Å². The molecule has 0 bridgehead atoms. The predicted octanol–water partition coefficient (Wildman–Crippen LogP) is 3.68. The summed E-state index contributed by atoms with van der Waals surface area (Å²) in [5.41, 5.74) is 7.85. The number of nitrogens with zero attached hydrogens (tertiary/aromatic N) is 1. The summed E-state index contributed by atoms with van der Waals surface area (Å²) >= 11 is 0. The van der Waals surface area contributed by atoms with E-state index in [2.05, 4.69) is 11.1 Å². The highest BCUT2D eigenvalue weighted by molar-refractivity contribution is 6.03. The van der Waals surface area contributed by atoms with Crippen LogP contribution in [0, 0.1) is 0 Å². The Hall–Kier alpha value is -3.18. The van der Waals surface area contributed by atoms with E-state index in [1.165, 1.54) is 0 Å². The number of hydrogen-bond donors (Lipinski definition) is 1. The smallest absolute Gasteiger partial charge is 0.231 e. The van der Waals surface area contributed by atoms with Gasteiger partial charge in [-0.3, -0.25) is 9.78 Å². The van der Waals surface area contributed by atoms with E-state index in [9.17, 15) is 4.79 Å². The molecule has 0 fully saturated rings. The summed E-state index contributed by atoms with van der Waals surface area (Å²) in [7, 11) is 0. The zero-order chi connectivity index (χ0) is 18.7. The standard InChI is InChI=1S/C22H20N2O3/c23-22(21(25)18-6-1-2-13-24-18)11-9-16(10-12-22)4-3-5-17-7-8-19-20(14-17)27-15-26-19/h1-3,5-11,13-14H,4,12,15,23H2/b5-3+. The molecule has 0 radical (unpaired) electrons. The normalized spacial score (nSPS) is 20.7. The second kappa shape index (κ2) is 7.21. The number of aromatic nitrogens is 1. The fourth-order valence-corrected chi connectivity index (χ4v) is 3.09. The number of ether oxygens (including phenoxy) is 2. The van der Waals surface area contributed by atoms with Gasteiger partial charge in [0.15, 0.2) is 11.5 Å². The summed E-state index contributed by atoms with van der Waals surface area (Å²) in [5.74, 6) is 1.39. The SMILES string of the molecule is NC1(C(=O)c2ccccn2)C=CC(C/C=C/c2ccc3c(c2)OCO3)=CC1. The highest BCUT2D eigenvalue weighted by Crippen LogP contribution is 2.33. The lowest BCUT2D eigenvalue weighted by molar-refractivity contribution is 0.0916. The third kappa shape index (κ3) is 3.68. The minimum atomic E-state index is -1.03. The van der Waals surface area contributed by atoms with Crippen molar-refractivity contribution in [1.29, 1.82) is 0 Å². The van der Waals surface area contributed by atoms with E-state index in [-0.39, 0.29) is 12.6 Å². The second-order valence-corrected chi connectivity index (χ2v) is 6.62. The van der Waals surface area contributed by atoms with Gasteiger partial charge < -0.3 is 15.2 Å². The predicted molar refractivity (Wildman–Crippen MR) is 104 cm³/mol. The quantitative estimate of drug-likeness (QED) is 0.823. The maximum Gasteiger partial charge on any atom is 0.231 e. The van der Waals surface area contributed by atoms with Crippen LogP contribution in [0.25, 0.3) is 6.08 Å². The zero-order valence-electron chi connectivity index (χ0n) is 14.8. The van der Waals surface area contributed by atoms with Gasteiger partial charge in [0.2, 0.25) is 12.6 Å². The fourth-order valence-electron chi connectivity index (χ4n) is 3.09. The fraction of sp³-hybridized carbons (Fsp3) is 0.182. The van der Waals surface area contributed by atoms with Gasteiger partial charge in [0, 0.05) is 6.20 Å². The maximum atomic E-state index is 12.6. The molecule has 1 aromatic heterocycles. The Balaban J connectivity index is 1.38. The molecular formula is C22H20N2O3. The number of Topliss-reactive ketones (excluding diaryl/α,β-unsaturated/α-hetero) is 1. The van der Waals surface area contributed by atoms with Crippen LogP contribution in [-0.4, -0.2) is 23.1 Å². The van der Waals surface area contributed by atoms with Crippen molar-refractivity contribution in [1.82, 2.24) is 4.98 Å². The number of rotatable bonds is 5. The molecule has 0 amide bonds. The maximum absolute atomic E-state index is 12.6. The Morgan fingerprint density at radius 2 is 2.11 bits per heavy atom. The third-order valence-corrected chi connectivity index (χ3v) is 4.68. The minimum absolute atomic E-state index is 0.162. The number of fused-ring (bicyclic) bond motifs is 1. The van der Waals surface area contributed by atoms with Crippen LogP contribution in [0.2, 0.25) is 0 Å². The van der Waals surface area contributed by atoms with Crippen LogP contribution < -0.4 is 15.2 Å². The van der Waals surface area contributed by atoms with Crippen LogP contribution in [0.5, 0.6) is 11.5 Å². The molecule has 2 aromatic rings. The average Bonchev–Trinajstić information content (AvgIpc) is 3.17. The van der Waals surface area contributed by atoms with E-state index < -0.39 is 5.54 Å². The summed E-state index contributed by atoms with van der Waals surface area (Å²) in [6.45, 7) is 0.276. The van der Waals surface area contributed by atoms with Gasteiger partial charge in [-0.05, 0) is 48.2 Å². The molecule has 1 unspecified atom stereocenters. The molecule has 1 aromatic carbocycles. The highest BCUT2D eigenvalue weighted by Gasteiger charge is 2.33. The molecule has 2 aliphatic rings. The molecule has 1 aliphatic carbocycles. The lowest BCUT2D eigenvalue weighted by Crippen LogP contribution is -2.46. The van der Waals surface area contributed by atoms with Gasteiger partial charge in [-0.2, -0.15) is 0 Å². The Morgan fingerprint density at radius 3 is 2.89 bits per heavy atom. The van der Waals surface area contributed by atoms with Gasteiger partial charge in [0.25, 0.3) is 0 Å². The number of allylic oxidation sites excluding steroid dienone is 3. The van der Waals surface area contributed by atoms with Crippen molar-refractivity contribution in [3.05, 3.63) is 83.7 Å². The Labute approximate surface area is 157 Å². The number of ketones is 1. The average molecular weight is 360 g/mol. The van der Waals surface area contributed by atoms with Crippen LogP contribution >= 0.6 is 0 Å². The van der Waals surface area contributed by atoms with Crippen LogP contribution in [0.4, 0.5) is 0 Å². The number of carbonyl (C=O) groups is 1. The molecule has 0 saturated heterocycles. The van der Waals surface area contributed by atoms with E-state index >= 15 is 0 Å². The molecule has 136 valence electrons. The summed E-state index contributed by atoms with van der Waals surface area (Å²) < 4.78 is 10.7. The Bertz CT molecular complexity index is 947. The van der Waals surface area contributed by atoms with Crippen molar-refractivity contribution >= 4 is 11.9 Å². The third-order valence-electron chi connectivity index (χ3n) is 4.68. The van der Waals surface area contributed by atoms with Crippen molar-refractivity contribution in [2.45, 2.75) is 18.4 Å². The molecule has 2 heterocycles. The monoisotopic (exact) mass is 360 g/mol. The molecule has 1 atom stereocenters. The molecule has 0 saturated carbocycles. The minimum Gasteiger partial charge on any atom is -0.454 e. The molecule has 1 aliphatic heterocycles. The topological polar surface area (TPSA) is 74.4 Å². The van der Waals surface area contributed by atoms with Crippen LogP contribution in [-0.2, 0) is 0 Å². The highest BCUT2D eigenvalue weighted by atomic mass is 16.7. The van der Waals surface area contributed by atoms with Crippen molar-refractivity contribution in [2.24, 2.45) is 5.73 Å². The zero-order valence-corrected chi connectivity index (χ0v) is 14.8. The van der Waals surface area contributed by atoms with Crippen LogP contribution in [0.3, 0.4) is 0 Å². The van der Waals surface area contributed by atoms with Crippen molar-refractivity contribution in [3.8, 4) is 11.5 Å². The lowest BCUT2D eigenvalue weighted by Gasteiger charge is -2.25. The number of pyridine rings is 1. The number of hydrogen-bond acceptors (Lipinski definition) is 5. The van der Waals surface area contributed by atoms with Crippen molar-refractivity contribution < 1.29 is 14.3 Å². The molecule has 27 heavy (non-hydrogen) atoms. The molecular weight excluding hydrogens is 340 g/mol. The van der Waals surface area contributed by atoms with Gasteiger partial charge in [0.05, 0.1) is 0 Å². The molecule has 5 nitrogen and oxygen atoms in total. The largest absolute Gasteiger partial charge is 0.454 e. The lowest BCUT2D eigenvalue weighted by atomic mass is 9.84. The van der Waals surface area contributed by atoms with Gasteiger partial charge in [-0.15, -0.1) is 0 Å². The molecule has 2 N–H and O–H groups in total. The number of carbonyl (C=O) groups excluding carboxylic acids is 1. The second-order valence-electron chi connectivity index (χ2n) is 6.62. The van der Waals surface area contributed by atoms with E-state index in [0.717, 1.165) is 29.1 Å². The van der Waals surface area contributed by atoms with E-state index in [4.69, 9.17) is 15.2 Å². The summed E-state index contributed by atoms with van der Waals surface area (Å²) in [5, 5.41) is 0. The van der Waals surface area contributed by atoms with Crippen LogP contribution in [0.15, 0.2) is 72.5 Å². The van der Waals surface area contributed by atoms with Crippen molar-refractivity contribution in [3.63, 3.8) is 0 Å². The molecule has 0 spiro atoms. The van der Waals surface area contributed by atoms with E-state index in [1.54, 1.807) is 30.5 Å². The van der Waals surface area contributed by atoms with Crippen LogP contribution in [0.1, 0.15) is 28.9 Å². The summed E-state index contributed by atoms with van der Waals surface area (Å²) in [4.78, 5) is 16.7. The first kappa shape index (κ1) is 17.2. The summed E-state index contributed by atoms with van der Waals surface area (Å²) in [6.07, 6.45) is 12.7. The first-order valence-electron chi connectivity index (χ1n) is 8.83. The van der Waals surface area contributed by atoms with E-state index in [0.29, 0.717) is 12.1 Å². The number of benzene rings is 1. The van der Waals surface area contributed by atoms with Gasteiger partial charge >= 0.3 is 0 Å². The first-order valence-corrected chi connectivity index (χ1v) is 8.83.